The minimum atomic E-state index is 0.110. The Hall–Kier alpha value is -1.09. The van der Waals surface area contributed by atoms with Gasteiger partial charge in [-0.05, 0) is 25.0 Å². The van der Waals surface area contributed by atoms with Gasteiger partial charge in [0, 0.05) is 18.8 Å². The van der Waals surface area contributed by atoms with Gasteiger partial charge in [0.2, 0.25) is 0 Å². The Morgan fingerprint density at radius 3 is 2.69 bits per heavy atom. The molecule has 1 aromatic heterocycles. The summed E-state index contributed by atoms with van der Waals surface area (Å²) in [5.41, 5.74) is 8.08. The number of anilines is 1. The maximum absolute atomic E-state index is 5.93. The van der Waals surface area contributed by atoms with Crippen LogP contribution in [0.4, 0.5) is 5.82 Å². The van der Waals surface area contributed by atoms with Crippen LogP contribution < -0.4 is 11.1 Å². The van der Waals surface area contributed by atoms with E-state index in [0.717, 1.165) is 23.5 Å². The molecular formula is C10H17N3. The Morgan fingerprint density at radius 1 is 1.54 bits per heavy atom. The zero-order valence-corrected chi connectivity index (χ0v) is 8.46. The van der Waals surface area contributed by atoms with Crippen LogP contribution in [-0.2, 0) is 0 Å². The van der Waals surface area contributed by atoms with E-state index in [9.17, 15) is 0 Å². The maximum Gasteiger partial charge on any atom is 0.125 e. The van der Waals surface area contributed by atoms with Crippen LogP contribution in [0.2, 0.25) is 0 Å². The van der Waals surface area contributed by atoms with Crippen LogP contribution in [0.15, 0.2) is 12.1 Å². The summed E-state index contributed by atoms with van der Waals surface area (Å²) in [4.78, 5) is 4.37. The number of nitrogens with two attached hydrogens (primary N) is 1. The molecular weight excluding hydrogens is 162 g/mol. The third kappa shape index (κ3) is 2.18. The standard InChI is InChI=1S/C10H17N3/c1-4-9(11)8-5-6-10(12-3)13-7(8)2/h5-6,9H,4,11H2,1-3H3,(H,12,13). The van der Waals surface area contributed by atoms with Gasteiger partial charge in [-0.3, -0.25) is 0 Å². The Bertz CT molecular complexity index is 283. The molecule has 1 atom stereocenters. The van der Waals surface area contributed by atoms with Crippen molar-refractivity contribution in [3.8, 4) is 0 Å². The largest absolute Gasteiger partial charge is 0.373 e. The first kappa shape index (κ1) is 9.99. The fourth-order valence-electron chi connectivity index (χ4n) is 1.32. The van der Waals surface area contributed by atoms with Gasteiger partial charge in [0.1, 0.15) is 5.82 Å². The summed E-state index contributed by atoms with van der Waals surface area (Å²) < 4.78 is 0. The van der Waals surface area contributed by atoms with Crippen LogP contribution in [0.5, 0.6) is 0 Å². The number of rotatable bonds is 3. The average molecular weight is 179 g/mol. The van der Waals surface area contributed by atoms with Crippen LogP contribution in [-0.4, -0.2) is 12.0 Å². The van der Waals surface area contributed by atoms with Gasteiger partial charge >= 0.3 is 0 Å². The number of hydrogen-bond donors (Lipinski definition) is 2. The number of aryl methyl sites for hydroxylation is 1. The van der Waals surface area contributed by atoms with Gasteiger partial charge in [0.25, 0.3) is 0 Å². The Labute approximate surface area is 79.4 Å². The topological polar surface area (TPSA) is 50.9 Å². The van der Waals surface area contributed by atoms with E-state index >= 15 is 0 Å². The first-order chi connectivity index (χ1) is 6.19. The van der Waals surface area contributed by atoms with E-state index in [1.165, 1.54) is 0 Å². The highest BCUT2D eigenvalue weighted by molar-refractivity contribution is 5.38. The summed E-state index contributed by atoms with van der Waals surface area (Å²) in [5.74, 6) is 0.893. The van der Waals surface area contributed by atoms with Crippen molar-refractivity contribution >= 4 is 5.82 Å². The summed E-state index contributed by atoms with van der Waals surface area (Å²) in [7, 11) is 1.86. The molecule has 0 saturated heterocycles. The molecule has 1 rings (SSSR count). The summed E-state index contributed by atoms with van der Waals surface area (Å²) in [6.07, 6.45) is 0.946. The maximum atomic E-state index is 5.93. The molecule has 1 aromatic rings. The Kier molecular flexibility index (Phi) is 3.25. The monoisotopic (exact) mass is 179 g/mol. The van der Waals surface area contributed by atoms with Crippen molar-refractivity contribution in [1.82, 2.24) is 4.98 Å². The average Bonchev–Trinajstić information content (AvgIpc) is 2.16. The van der Waals surface area contributed by atoms with Crippen LogP contribution in [0, 0.1) is 6.92 Å². The molecule has 0 aliphatic carbocycles. The predicted octanol–water partition coefficient (Wildman–Crippen LogP) is 1.84. The van der Waals surface area contributed by atoms with Crippen LogP contribution in [0.25, 0.3) is 0 Å². The van der Waals surface area contributed by atoms with Crippen molar-refractivity contribution in [3.63, 3.8) is 0 Å². The van der Waals surface area contributed by atoms with E-state index in [4.69, 9.17) is 5.73 Å². The minimum absolute atomic E-state index is 0.110. The zero-order chi connectivity index (χ0) is 9.84. The SMILES string of the molecule is CCC(N)c1ccc(NC)nc1C. The van der Waals surface area contributed by atoms with Gasteiger partial charge in [-0.1, -0.05) is 13.0 Å². The normalized spacial score (nSPS) is 12.6. The summed E-state index contributed by atoms with van der Waals surface area (Å²) in [6, 6.07) is 4.11. The quantitative estimate of drug-likeness (QED) is 0.744. The van der Waals surface area contributed by atoms with E-state index in [0.29, 0.717) is 0 Å². The van der Waals surface area contributed by atoms with E-state index in [1.54, 1.807) is 0 Å². The van der Waals surface area contributed by atoms with Crippen molar-refractivity contribution < 1.29 is 0 Å². The molecule has 0 fully saturated rings. The number of pyridine rings is 1. The second-order valence-electron chi connectivity index (χ2n) is 3.14. The lowest BCUT2D eigenvalue weighted by Crippen LogP contribution is -2.11. The number of hydrogen-bond acceptors (Lipinski definition) is 3. The minimum Gasteiger partial charge on any atom is -0.373 e. The van der Waals surface area contributed by atoms with Gasteiger partial charge in [0.05, 0.1) is 0 Å². The lowest BCUT2D eigenvalue weighted by atomic mass is 10.0. The molecule has 0 amide bonds. The summed E-state index contributed by atoms with van der Waals surface area (Å²) >= 11 is 0. The lowest BCUT2D eigenvalue weighted by molar-refractivity contribution is 0.689. The Balaban J connectivity index is 2.98. The molecule has 0 spiro atoms. The first-order valence-corrected chi connectivity index (χ1v) is 4.60. The van der Waals surface area contributed by atoms with Gasteiger partial charge in [-0.15, -0.1) is 0 Å². The predicted molar refractivity (Wildman–Crippen MR) is 55.7 cm³/mol. The highest BCUT2D eigenvalue weighted by Gasteiger charge is 2.07. The number of aromatic nitrogens is 1. The van der Waals surface area contributed by atoms with Crippen molar-refractivity contribution in [2.45, 2.75) is 26.3 Å². The van der Waals surface area contributed by atoms with E-state index in [2.05, 4.69) is 17.2 Å². The van der Waals surface area contributed by atoms with E-state index in [1.807, 2.05) is 26.1 Å². The molecule has 13 heavy (non-hydrogen) atoms. The third-order valence-electron chi connectivity index (χ3n) is 2.22. The highest BCUT2D eigenvalue weighted by Crippen LogP contribution is 2.18. The zero-order valence-electron chi connectivity index (χ0n) is 8.46. The molecule has 3 nitrogen and oxygen atoms in total. The van der Waals surface area contributed by atoms with Gasteiger partial charge < -0.3 is 11.1 Å². The fourth-order valence-corrected chi connectivity index (χ4v) is 1.32. The lowest BCUT2D eigenvalue weighted by Gasteiger charge is -2.12. The van der Waals surface area contributed by atoms with Crippen LogP contribution in [0.3, 0.4) is 0 Å². The molecule has 0 aliphatic rings. The van der Waals surface area contributed by atoms with Crippen molar-refractivity contribution in [2.75, 3.05) is 12.4 Å². The molecule has 0 aliphatic heterocycles. The first-order valence-electron chi connectivity index (χ1n) is 4.60. The van der Waals surface area contributed by atoms with Gasteiger partial charge in [-0.2, -0.15) is 0 Å². The van der Waals surface area contributed by atoms with Crippen LogP contribution >= 0.6 is 0 Å². The molecule has 3 heteroatoms. The molecule has 0 saturated carbocycles. The molecule has 0 aromatic carbocycles. The molecule has 3 N–H and O–H groups in total. The van der Waals surface area contributed by atoms with Crippen molar-refractivity contribution in [2.24, 2.45) is 5.73 Å². The van der Waals surface area contributed by atoms with E-state index in [-0.39, 0.29) is 6.04 Å². The number of nitrogens with one attached hydrogen (secondary N) is 1. The number of nitrogens with zero attached hydrogens (tertiary/aromatic N) is 1. The smallest absolute Gasteiger partial charge is 0.125 e. The van der Waals surface area contributed by atoms with Gasteiger partial charge in [0.15, 0.2) is 0 Å². The summed E-state index contributed by atoms with van der Waals surface area (Å²) in [6.45, 7) is 4.07. The highest BCUT2D eigenvalue weighted by atomic mass is 15.0. The van der Waals surface area contributed by atoms with Crippen molar-refractivity contribution in [1.29, 1.82) is 0 Å². The Morgan fingerprint density at radius 2 is 2.23 bits per heavy atom. The molecule has 0 bridgehead atoms. The summed E-state index contributed by atoms with van der Waals surface area (Å²) in [5, 5.41) is 3.00. The fraction of sp³-hybridized carbons (Fsp3) is 0.500. The molecule has 1 unspecified atom stereocenters. The van der Waals surface area contributed by atoms with Gasteiger partial charge in [-0.25, -0.2) is 4.98 Å². The second kappa shape index (κ2) is 4.23. The van der Waals surface area contributed by atoms with Crippen molar-refractivity contribution in [3.05, 3.63) is 23.4 Å². The van der Waals surface area contributed by atoms with E-state index < -0.39 is 0 Å². The van der Waals surface area contributed by atoms with Crippen LogP contribution in [0.1, 0.15) is 30.6 Å². The molecule has 1 heterocycles. The molecule has 0 radical (unpaired) electrons. The second-order valence-corrected chi connectivity index (χ2v) is 3.14. The molecule has 72 valence electrons. The third-order valence-corrected chi connectivity index (χ3v) is 2.22.